The second kappa shape index (κ2) is 8.72. The number of likely N-dealkylation sites (tertiary alicyclic amines) is 1. The van der Waals surface area contributed by atoms with Crippen LogP contribution in [0.4, 0.5) is 0 Å². The maximum atomic E-state index is 5.72. The molecule has 0 unspecified atom stereocenters. The van der Waals surface area contributed by atoms with E-state index in [1.807, 2.05) is 30.5 Å². The molecule has 2 N–H and O–H groups in total. The first-order valence-electron chi connectivity index (χ1n) is 9.34. The molecule has 0 aliphatic carbocycles. The molecule has 0 bridgehead atoms. The van der Waals surface area contributed by atoms with Crippen LogP contribution in [0.15, 0.2) is 47.6 Å². The van der Waals surface area contributed by atoms with E-state index in [0.29, 0.717) is 6.54 Å². The van der Waals surface area contributed by atoms with Crippen LogP contribution in [0.1, 0.15) is 44.5 Å². The number of amidine groups is 1. The van der Waals surface area contributed by atoms with Gasteiger partial charge >= 0.3 is 0 Å². The number of aromatic nitrogens is 2. The van der Waals surface area contributed by atoms with E-state index in [9.17, 15) is 0 Å². The lowest BCUT2D eigenvalue weighted by Gasteiger charge is -2.17. The summed E-state index contributed by atoms with van der Waals surface area (Å²) in [5, 5.41) is 1.01. The summed E-state index contributed by atoms with van der Waals surface area (Å²) in [7, 11) is 0. The molecule has 0 radical (unpaired) electrons. The number of nitrogens with zero attached hydrogens (tertiary/aromatic N) is 4. The minimum atomic E-state index is 0.413. The van der Waals surface area contributed by atoms with E-state index in [2.05, 4.69) is 35.9 Å². The van der Waals surface area contributed by atoms with E-state index in [4.69, 9.17) is 15.7 Å². The summed E-state index contributed by atoms with van der Waals surface area (Å²) in [6.07, 6.45) is 11.5. The normalized spacial score (nSPS) is 16.2. The highest BCUT2D eigenvalue weighted by molar-refractivity contribution is 5.87. The topological polar surface area (TPSA) is 67.4 Å². The van der Waals surface area contributed by atoms with Crippen LogP contribution in [0, 0.1) is 0 Å². The van der Waals surface area contributed by atoms with Crippen LogP contribution in [-0.2, 0) is 6.54 Å². The SMILES string of the molecule is CC/C=C/C=C(\N=C(C)N1CCCC1)c1ccc2cnc(CN)cc2n1. The summed E-state index contributed by atoms with van der Waals surface area (Å²) in [4.78, 5) is 16.4. The highest BCUT2D eigenvalue weighted by Gasteiger charge is 2.14. The van der Waals surface area contributed by atoms with Crippen molar-refractivity contribution in [3.63, 3.8) is 0 Å². The molecule has 5 heteroatoms. The minimum absolute atomic E-state index is 0.413. The van der Waals surface area contributed by atoms with Gasteiger partial charge in [-0.15, -0.1) is 0 Å². The molecule has 1 saturated heterocycles. The number of aliphatic imine (C=N–C) groups is 1. The van der Waals surface area contributed by atoms with E-state index in [0.717, 1.165) is 53.3 Å². The molecule has 0 aromatic carbocycles. The standard InChI is InChI=1S/C21H27N5/c1-3-4-5-8-19(24-16(2)26-11-6-7-12-26)20-10-9-17-15-23-18(14-22)13-21(17)25-20/h4-5,8-10,13,15H,3,6-7,11-12,14,22H2,1-2H3/b5-4+,19-8-,24-16?. The second-order valence-electron chi connectivity index (χ2n) is 6.51. The van der Waals surface area contributed by atoms with Gasteiger partial charge in [0.15, 0.2) is 0 Å². The van der Waals surface area contributed by atoms with Crippen molar-refractivity contribution >= 4 is 22.4 Å². The molecule has 3 rings (SSSR count). The van der Waals surface area contributed by atoms with Gasteiger partial charge in [-0.2, -0.15) is 0 Å². The van der Waals surface area contributed by atoms with Crippen LogP contribution in [-0.4, -0.2) is 33.8 Å². The summed E-state index contributed by atoms with van der Waals surface area (Å²) < 4.78 is 0. The molecular formula is C21H27N5. The Morgan fingerprint density at radius 2 is 2.12 bits per heavy atom. The molecule has 136 valence electrons. The fourth-order valence-corrected chi connectivity index (χ4v) is 3.07. The number of allylic oxidation sites excluding steroid dienone is 3. The molecule has 1 aliphatic rings. The average Bonchev–Trinajstić information content (AvgIpc) is 3.21. The molecule has 0 amide bonds. The lowest BCUT2D eigenvalue weighted by Crippen LogP contribution is -2.25. The monoisotopic (exact) mass is 349 g/mol. The van der Waals surface area contributed by atoms with Gasteiger partial charge in [0.25, 0.3) is 0 Å². The Hall–Kier alpha value is -2.53. The molecule has 0 spiro atoms. The van der Waals surface area contributed by atoms with Crippen molar-refractivity contribution in [2.45, 2.75) is 39.7 Å². The highest BCUT2D eigenvalue weighted by Crippen LogP contribution is 2.20. The zero-order valence-electron chi connectivity index (χ0n) is 15.7. The number of hydrogen-bond donors (Lipinski definition) is 1. The van der Waals surface area contributed by atoms with Gasteiger partial charge in [0, 0.05) is 31.2 Å². The van der Waals surface area contributed by atoms with Gasteiger partial charge in [0.05, 0.1) is 22.6 Å². The predicted molar refractivity (Wildman–Crippen MR) is 109 cm³/mol. The first kappa shape index (κ1) is 18.3. The van der Waals surface area contributed by atoms with Crippen LogP contribution >= 0.6 is 0 Å². The van der Waals surface area contributed by atoms with Gasteiger partial charge in [-0.05, 0) is 50.5 Å². The first-order valence-corrected chi connectivity index (χ1v) is 9.34. The van der Waals surface area contributed by atoms with E-state index < -0.39 is 0 Å². The fourth-order valence-electron chi connectivity index (χ4n) is 3.07. The molecule has 0 saturated carbocycles. The first-order chi connectivity index (χ1) is 12.7. The van der Waals surface area contributed by atoms with Crippen LogP contribution in [0.2, 0.25) is 0 Å². The highest BCUT2D eigenvalue weighted by atomic mass is 15.2. The van der Waals surface area contributed by atoms with Crippen LogP contribution in [0.5, 0.6) is 0 Å². The maximum Gasteiger partial charge on any atom is 0.102 e. The third-order valence-electron chi connectivity index (χ3n) is 4.57. The molecule has 2 aromatic rings. The largest absolute Gasteiger partial charge is 0.360 e. The second-order valence-corrected chi connectivity index (χ2v) is 6.51. The molecule has 26 heavy (non-hydrogen) atoms. The molecule has 2 aromatic heterocycles. The zero-order chi connectivity index (χ0) is 18.4. The van der Waals surface area contributed by atoms with Gasteiger partial charge in [-0.25, -0.2) is 9.98 Å². The lowest BCUT2D eigenvalue weighted by molar-refractivity contribution is 0.517. The molecule has 0 atom stereocenters. The predicted octanol–water partition coefficient (Wildman–Crippen LogP) is 3.91. The maximum absolute atomic E-state index is 5.72. The van der Waals surface area contributed by atoms with Gasteiger partial charge < -0.3 is 10.6 Å². The number of hydrogen-bond acceptors (Lipinski definition) is 4. The summed E-state index contributed by atoms with van der Waals surface area (Å²) in [5.41, 5.74) is 9.21. The van der Waals surface area contributed by atoms with Crippen molar-refractivity contribution < 1.29 is 0 Å². The van der Waals surface area contributed by atoms with Gasteiger partial charge in [0.1, 0.15) is 5.84 Å². The smallest absolute Gasteiger partial charge is 0.102 e. The number of nitrogens with two attached hydrogens (primary N) is 1. The summed E-state index contributed by atoms with van der Waals surface area (Å²) >= 11 is 0. The summed E-state index contributed by atoms with van der Waals surface area (Å²) in [6, 6.07) is 6.01. The Bertz CT molecular complexity index is 845. The fraction of sp³-hybridized carbons (Fsp3) is 0.381. The van der Waals surface area contributed by atoms with Gasteiger partial charge in [0.2, 0.25) is 0 Å². The van der Waals surface area contributed by atoms with Crippen LogP contribution < -0.4 is 5.73 Å². The Morgan fingerprint density at radius 1 is 1.31 bits per heavy atom. The molecule has 1 aliphatic heterocycles. The Kier molecular flexibility index (Phi) is 6.12. The quantitative estimate of drug-likeness (QED) is 0.505. The Balaban J connectivity index is 2.00. The molecule has 5 nitrogen and oxygen atoms in total. The average molecular weight is 349 g/mol. The third kappa shape index (κ3) is 4.35. The Labute approximate surface area is 155 Å². The van der Waals surface area contributed by atoms with Crippen molar-refractivity contribution in [1.29, 1.82) is 0 Å². The Morgan fingerprint density at radius 3 is 2.85 bits per heavy atom. The van der Waals surface area contributed by atoms with Crippen molar-refractivity contribution in [2.75, 3.05) is 13.1 Å². The van der Waals surface area contributed by atoms with E-state index in [1.54, 1.807) is 0 Å². The van der Waals surface area contributed by atoms with E-state index >= 15 is 0 Å². The summed E-state index contributed by atoms with van der Waals surface area (Å²) in [5.74, 6) is 1.05. The third-order valence-corrected chi connectivity index (χ3v) is 4.57. The number of pyridine rings is 2. The van der Waals surface area contributed by atoms with Gasteiger partial charge in [-0.1, -0.05) is 19.1 Å². The molecular weight excluding hydrogens is 322 g/mol. The molecule has 3 heterocycles. The molecule has 1 fully saturated rings. The zero-order valence-corrected chi connectivity index (χ0v) is 15.7. The van der Waals surface area contributed by atoms with Gasteiger partial charge in [-0.3, -0.25) is 4.98 Å². The van der Waals surface area contributed by atoms with Crippen LogP contribution in [0.25, 0.3) is 16.6 Å². The van der Waals surface area contributed by atoms with Crippen molar-refractivity contribution in [3.8, 4) is 0 Å². The lowest BCUT2D eigenvalue weighted by atomic mass is 10.2. The van der Waals surface area contributed by atoms with E-state index in [-0.39, 0.29) is 0 Å². The van der Waals surface area contributed by atoms with Crippen molar-refractivity contribution in [3.05, 3.63) is 54.0 Å². The number of fused-ring (bicyclic) bond motifs is 1. The van der Waals surface area contributed by atoms with E-state index in [1.165, 1.54) is 12.8 Å². The van der Waals surface area contributed by atoms with Crippen molar-refractivity contribution in [2.24, 2.45) is 10.7 Å². The minimum Gasteiger partial charge on any atom is -0.360 e. The van der Waals surface area contributed by atoms with Crippen molar-refractivity contribution in [1.82, 2.24) is 14.9 Å². The van der Waals surface area contributed by atoms with Crippen LogP contribution in [0.3, 0.4) is 0 Å². The summed E-state index contributed by atoms with van der Waals surface area (Å²) in [6.45, 7) is 6.79. The number of rotatable bonds is 5.